The zero-order valence-electron chi connectivity index (χ0n) is 12.6. The van der Waals surface area contributed by atoms with Gasteiger partial charge in [-0.3, -0.25) is 0 Å². The molecule has 1 heterocycles. The number of rotatable bonds is 3. The van der Waals surface area contributed by atoms with Gasteiger partial charge in [0, 0.05) is 16.3 Å². The van der Waals surface area contributed by atoms with Gasteiger partial charge in [0.1, 0.15) is 0 Å². The number of aryl methyl sites for hydroxylation is 2. The van der Waals surface area contributed by atoms with E-state index >= 15 is 0 Å². The van der Waals surface area contributed by atoms with Crippen molar-refractivity contribution in [3.8, 4) is 0 Å². The fraction of sp³-hybridized carbons (Fsp3) is 0.263. The minimum Gasteiger partial charge on any atom is -0.313 e. The van der Waals surface area contributed by atoms with Crippen molar-refractivity contribution in [2.24, 2.45) is 0 Å². The predicted octanol–water partition coefficient (Wildman–Crippen LogP) is 4.83. The van der Waals surface area contributed by atoms with Crippen LogP contribution >= 0.6 is 11.8 Å². The minimum atomic E-state index is 0.984. The summed E-state index contributed by atoms with van der Waals surface area (Å²) in [5.74, 6) is 0. The molecule has 0 aromatic heterocycles. The lowest BCUT2D eigenvalue weighted by atomic mass is 9.99. The highest BCUT2D eigenvalue weighted by Crippen LogP contribution is 2.37. The highest BCUT2D eigenvalue weighted by Gasteiger charge is 2.12. The van der Waals surface area contributed by atoms with E-state index in [0.717, 1.165) is 19.5 Å². The van der Waals surface area contributed by atoms with Gasteiger partial charge in [0.15, 0.2) is 0 Å². The molecular formula is C19H21NS. The lowest BCUT2D eigenvalue weighted by Crippen LogP contribution is -2.20. The Morgan fingerprint density at radius 3 is 2.62 bits per heavy atom. The molecule has 1 aliphatic heterocycles. The predicted molar refractivity (Wildman–Crippen MR) is 91.9 cm³/mol. The van der Waals surface area contributed by atoms with Crippen LogP contribution in [-0.4, -0.2) is 13.1 Å². The first-order valence-corrected chi connectivity index (χ1v) is 8.30. The Morgan fingerprint density at radius 2 is 1.86 bits per heavy atom. The largest absolute Gasteiger partial charge is 0.313 e. The lowest BCUT2D eigenvalue weighted by Gasteiger charge is -2.18. The summed E-state index contributed by atoms with van der Waals surface area (Å²) in [7, 11) is 0. The summed E-state index contributed by atoms with van der Waals surface area (Å²) >= 11 is 1.88. The summed E-state index contributed by atoms with van der Waals surface area (Å²) in [5.41, 5.74) is 5.56. The molecule has 0 unspecified atom stereocenters. The van der Waals surface area contributed by atoms with Crippen LogP contribution in [0.4, 0.5) is 0 Å². The van der Waals surface area contributed by atoms with E-state index in [0.29, 0.717) is 0 Å². The Morgan fingerprint density at radius 1 is 1.00 bits per heavy atom. The third-order valence-electron chi connectivity index (χ3n) is 3.86. The van der Waals surface area contributed by atoms with Gasteiger partial charge in [-0.15, -0.1) is 0 Å². The van der Waals surface area contributed by atoms with Gasteiger partial charge in [-0.1, -0.05) is 53.7 Å². The summed E-state index contributed by atoms with van der Waals surface area (Å²) < 4.78 is 0. The fourth-order valence-corrected chi connectivity index (χ4v) is 3.69. The summed E-state index contributed by atoms with van der Waals surface area (Å²) in [6.45, 7) is 6.42. The summed E-state index contributed by atoms with van der Waals surface area (Å²) in [5, 5.41) is 3.39. The Kier molecular flexibility index (Phi) is 4.47. The maximum absolute atomic E-state index is 3.39. The Balaban J connectivity index is 1.98. The second-order valence-corrected chi connectivity index (χ2v) is 6.63. The standard InChI is InChI=1S/C19H21NS/c1-14-7-8-19(21-18-6-4-3-5-15(18)2)17(13-14)16-9-11-20-12-10-16/h3-9,13,20H,10-12H2,1-2H3. The number of nitrogens with one attached hydrogen (secondary N) is 1. The summed E-state index contributed by atoms with van der Waals surface area (Å²) in [6, 6.07) is 15.4. The second-order valence-electron chi connectivity index (χ2n) is 5.55. The van der Waals surface area contributed by atoms with Crippen LogP contribution in [0.25, 0.3) is 5.57 Å². The molecule has 108 valence electrons. The van der Waals surface area contributed by atoms with E-state index in [1.54, 1.807) is 0 Å². The van der Waals surface area contributed by atoms with Gasteiger partial charge in [-0.2, -0.15) is 0 Å². The van der Waals surface area contributed by atoms with Gasteiger partial charge in [0.05, 0.1) is 0 Å². The van der Waals surface area contributed by atoms with Gasteiger partial charge < -0.3 is 5.32 Å². The molecule has 1 N–H and O–H groups in total. The van der Waals surface area contributed by atoms with E-state index in [4.69, 9.17) is 0 Å². The van der Waals surface area contributed by atoms with Crippen LogP contribution < -0.4 is 5.32 Å². The van der Waals surface area contributed by atoms with Crippen molar-refractivity contribution in [1.82, 2.24) is 5.32 Å². The number of hydrogen-bond acceptors (Lipinski definition) is 2. The average Bonchev–Trinajstić information content (AvgIpc) is 2.52. The molecule has 0 bridgehead atoms. The SMILES string of the molecule is Cc1ccc(Sc2ccccc2C)c(C2=CCNCC2)c1. The van der Waals surface area contributed by atoms with Gasteiger partial charge in [0.2, 0.25) is 0 Å². The highest BCUT2D eigenvalue weighted by atomic mass is 32.2. The Labute approximate surface area is 131 Å². The molecule has 1 aliphatic rings. The van der Waals surface area contributed by atoms with Gasteiger partial charge >= 0.3 is 0 Å². The third kappa shape index (κ3) is 3.39. The van der Waals surface area contributed by atoms with Crippen LogP contribution in [0.15, 0.2) is 58.3 Å². The van der Waals surface area contributed by atoms with E-state index in [1.165, 1.54) is 32.1 Å². The third-order valence-corrected chi connectivity index (χ3v) is 5.11. The van der Waals surface area contributed by atoms with E-state index in [-0.39, 0.29) is 0 Å². The van der Waals surface area contributed by atoms with Gasteiger partial charge in [-0.25, -0.2) is 0 Å². The molecule has 0 saturated heterocycles. The molecule has 0 atom stereocenters. The average molecular weight is 295 g/mol. The van der Waals surface area contributed by atoms with Crippen molar-refractivity contribution >= 4 is 17.3 Å². The normalized spacial score (nSPS) is 14.9. The van der Waals surface area contributed by atoms with Crippen molar-refractivity contribution in [2.75, 3.05) is 13.1 Å². The maximum Gasteiger partial charge on any atom is 0.0197 e. The quantitative estimate of drug-likeness (QED) is 0.870. The number of benzene rings is 2. The van der Waals surface area contributed by atoms with Crippen molar-refractivity contribution < 1.29 is 0 Å². The molecule has 0 fully saturated rings. The first-order chi connectivity index (χ1) is 10.2. The van der Waals surface area contributed by atoms with Crippen LogP contribution in [0.1, 0.15) is 23.1 Å². The summed E-state index contributed by atoms with van der Waals surface area (Å²) in [4.78, 5) is 2.71. The van der Waals surface area contributed by atoms with E-state index in [1.807, 2.05) is 11.8 Å². The molecule has 0 saturated carbocycles. The Hall–Kier alpha value is -1.51. The van der Waals surface area contributed by atoms with Crippen molar-refractivity contribution in [3.63, 3.8) is 0 Å². The molecule has 0 spiro atoms. The Bertz CT molecular complexity index is 673. The fourth-order valence-electron chi connectivity index (χ4n) is 2.64. The molecule has 2 aromatic rings. The first kappa shape index (κ1) is 14.4. The van der Waals surface area contributed by atoms with Crippen LogP contribution in [0, 0.1) is 13.8 Å². The maximum atomic E-state index is 3.39. The zero-order valence-corrected chi connectivity index (χ0v) is 13.5. The van der Waals surface area contributed by atoms with Crippen molar-refractivity contribution in [3.05, 3.63) is 65.2 Å². The molecule has 2 heteroatoms. The molecule has 3 rings (SSSR count). The van der Waals surface area contributed by atoms with Crippen molar-refractivity contribution in [2.45, 2.75) is 30.1 Å². The van der Waals surface area contributed by atoms with Crippen LogP contribution in [0.5, 0.6) is 0 Å². The van der Waals surface area contributed by atoms with E-state index in [2.05, 4.69) is 67.7 Å². The summed E-state index contributed by atoms with van der Waals surface area (Å²) in [6.07, 6.45) is 3.45. The topological polar surface area (TPSA) is 12.0 Å². The monoisotopic (exact) mass is 295 g/mol. The highest BCUT2D eigenvalue weighted by molar-refractivity contribution is 7.99. The van der Waals surface area contributed by atoms with Gasteiger partial charge in [-0.05, 0) is 55.6 Å². The minimum absolute atomic E-state index is 0.984. The van der Waals surface area contributed by atoms with E-state index < -0.39 is 0 Å². The molecule has 0 aliphatic carbocycles. The molecule has 2 aromatic carbocycles. The molecule has 0 radical (unpaired) electrons. The van der Waals surface area contributed by atoms with Gasteiger partial charge in [0.25, 0.3) is 0 Å². The van der Waals surface area contributed by atoms with E-state index in [9.17, 15) is 0 Å². The zero-order chi connectivity index (χ0) is 14.7. The first-order valence-electron chi connectivity index (χ1n) is 7.48. The molecule has 1 nitrogen and oxygen atoms in total. The van der Waals surface area contributed by atoms with Crippen LogP contribution in [0.3, 0.4) is 0 Å². The van der Waals surface area contributed by atoms with Crippen LogP contribution in [-0.2, 0) is 0 Å². The van der Waals surface area contributed by atoms with Crippen molar-refractivity contribution in [1.29, 1.82) is 0 Å². The molecule has 21 heavy (non-hydrogen) atoms. The lowest BCUT2D eigenvalue weighted by molar-refractivity contribution is 0.737. The molecular weight excluding hydrogens is 274 g/mol. The van der Waals surface area contributed by atoms with Crippen LogP contribution in [0.2, 0.25) is 0 Å². The second kappa shape index (κ2) is 6.50. The smallest absolute Gasteiger partial charge is 0.0197 e. The molecule has 0 amide bonds. The number of hydrogen-bond donors (Lipinski definition) is 1.